The number of piperazine rings is 1. The van der Waals surface area contributed by atoms with Crippen LogP contribution in [0.1, 0.15) is 51.2 Å². The number of anilines is 1. The topological polar surface area (TPSA) is 106 Å². The molecule has 224 valence electrons. The van der Waals surface area contributed by atoms with Gasteiger partial charge in [-0.15, -0.1) is 0 Å². The Kier molecular flexibility index (Phi) is 7.94. The molecule has 1 aromatic carbocycles. The van der Waals surface area contributed by atoms with E-state index in [4.69, 9.17) is 4.74 Å². The number of halogens is 6. The number of likely N-dealkylation sites (tertiary alicyclic amines) is 2. The number of hydrogen-bond donors (Lipinski definition) is 1. The minimum absolute atomic E-state index is 0.0000135. The van der Waals surface area contributed by atoms with Crippen molar-refractivity contribution in [3.63, 3.8) is 0 Å². The van der Waals surface area contributed by atoms with E-state index in [-0.39, 0.29) is 25.6 Å². The molecule has 4 atom stereocenters. The van der Waals surface area contributed by atoms with Gasteiger partial charge in [0.15, 0.2) is 0 Å². The molecule has 3 aliphatic heterocycles. The second kappa shape index (κ2) is 10.7. The molecule has 0 radical (unpaired) electrons. The Hall–Kier alpha value is -3.54. The summed E-state index contributed by atoms with van der Waals surface area (Å²) in [6.07, 6.45) is -9.89. The highest BCUT2D eigenvalue weighted by Gasteiger charge is 2.52. The maximum atomic E-state index is 13.4. The van der Waals surface area contributed by atoms with Crippen LogP contribution >= 0.6 is 0 Å². The van der Waals surface area contributed by atoms with Gasteiger partial charge in [0.1, 0.15) is 17.7 Å². The number of hydrogen-bond acceptors (Lipinski definition) is 6. The van der Waals surface area contributed by atoms with Crippen LogP contribution in [-0.2, 0) is 26.7 Å². The van der Waals surface area contributed by atoms with Gasteiger partial charge in [0.2, 0.25) is 11.8 Å². The van der Waals surface area contributed by atoms with Crippen molar-refractivity contribution in [2.45, 2.75) is 82.2 Å². The van der Waals surface area contributed by atoms with E-state index in [0.717, 1.165) is 4.90 Å². The van der Waals surface area contributed by atoms with Crippen molar-refractivity contribution in [2.75, 3.05) is 24.5 Å². The number of rotatable bonds is 5. The molecule has 1 N–H and O–H groups in total. The lowest BCUT2D eigenvalue weighted by Crippen LogP contribution is -2.59. The molecule has 9 nitrogen and oxygen atoms in total. The van der Waals surface area contributed by atoms with E-state index in [9.17, 15) is 46.0 Å². The first kappa shape index (κ1) is 30.4. The molecule has 41 heavy (non-hydrogen) atoms. The number of alkyl carbamates (subject to hydrolysis) is 1. The number of carbonyl (C=O) groups is 3. The van der Waals surface area contributed by atoms with Crippen LogP contribution in [0.2, 0.25) is 0 Å². The van der Waals surface area contributed by atoms with Crippen LogP contribution in [0.5, 0.6) is 0 Å². The molecule has 1 aromatic rings. The maximum absolute atomic E-state index is 13.4. The smallest absolute Gasteiger partial charge is 0.416 e. The van der Waals surface area contributed by atoms with Gasteiger partial charge in [-0.2, -0.15) is 31.6 Å². The lowest BCUT2D eigenvalue weighted by molar-refractivity contribution is -0.143. The summed E-state index contributed by atoms with van der Waals surface area (Å²) in [6.45, 7) is 5.03. The van der Waals surface area contributed by atoms with Gasteiger partial charge in [-0.05, 0) is 58.2 Å². The Balaban J connectivity index is 1.57. The maximum Gasteiger partial charge on any atom is 0.416 e. The van der Waals surface area contributed by atoms with Crippen LogP contribution in [0.4, 0.5) is 36.8 Å². The van der Waals surface area contributed by atoms with E-state index in [1.165, 1.54) is 4.90 Å². The SMILES string of the molecule is CC(C)(C)OC(=O)NC(CN1CC2CC1C(=O)N2c1cc(C(F)(F)F)cc(C(F)(F)F)c1)C(=O)N1CCCC1C#N. The van der Waals surface area contributed by atoms with Crippen molar-refractivity contribution in [1.82, 2.24) is 15.1 Å². The third-order valence-electron chi connectivity index (χ3n) is 7.21. The molecule has 0 aromatic heterocycles. The van der Waals surface area contributed by atoms with Gasteiger partial charge in [0.05, 0.1) is 29.3 Å². The molecule has 3 heterocycles. The number of nitrogens with one attached hydrogen (secondary N) is 1. The first-order valence-corrected chi connectivity index (χ1v) is 13.0. The fraction of sp³-hybridized carbons (Fsp3) is 0.615. The van der Waals surface area contributed by atoms with Crippen LogP contribution in [0.15, 0.2) is 18.2 Å². The van der Waals surface area contributed by atoms with E-state index in [1.54, 1.807) is 25.7 Å². The highest BCUT2D eigenvalue weighted by molar-refractivity contribution is 6.01. The molecule has 0 saturated carbocycles. The van der Waals surface area contributed by atoms with Crippen molar-refractivity contribution in [2.24, 2.45) is 0 Å². The van der Waals surface area contributed by atoms with Crippen LogP contribution in [-0.4, -0.2) is 77.1 Å². The highest BCUT2D eigenvalue weighted by Crippen LogP contribution is 2.42. The number of benzene rings is 1. The number of nitriles is 1. The van der Waals surface area contributed by atoms with Crippen molar-refractivity contribution >= 4 is 23.6 Å². The Labute approximate surface area is 232 Å². The van der Waals surface area contributed by atoms with Gasteiger partial charge in [-0.25, -0.2) is 4.79 Å². The fourth-order valence-electron chi connectivity index (χ4n) is 5.52. The average Bonchev–Trinajstić information content (AvgIpc) is 3.55. The van der Waals surface area contributed by atoms with E-state index in [2.05, 4.69) is 5.32 Å². The number of amides is 3. The largest absolute Gasteiger partial charge is 0.444 e. The summed E-state index contributed by atoms with van der Waals surface area (Å²) in [5.41, 5.74) is -4.46. The lowest BCUT2D eigenvalue weighted by Gasteiger charge is -2.36. The van der Waals surface area contributed by atoms with E-state index in [1.807, 2.05) is 6.07 Å². The number of fused-ring (bicyclic) bond motifs is 2. The Bertz CT molecular complexity index is 1220. The summed E-state index contributed by atoms with van der Waals surface area (Å²) >= 11 is 0. The first-order chi connectivity index (χ1) is 18.9. The standard InChI is InChI=1S/C26H29F6N5O4/c1-24(2,3)41-23(40)34-19(21(38)36-6-4-5-16(36)11-33)13-35-12-18-10-20(35)22(39)37(18)17-8-14(25(27,28)29)7-15(9-17)26(30,31)32/h7-9,16,18-20H,4-6,10,12-13H2,1-3H3,(H,34,40). The molecule has 3 amide bonds. The molecule has 4 rings (SSSR count). The lowest BCUT2D eigenvalue weighted by atomic mass is 10.1. The van der Waals surface area contributed by atoms with E-state index < -0.39 is 76.8 Å². The third kappa shape index (κ3) is 6.52. The van der Waals surface area contributed by atoms with Crippen molar-refractivity contribution < 1.29 is 45.5 Å². The second-order valence-corrected chi connectivity index (χ2v) is 11.3. The molecule has 2 bridgehead atoms. The Morgan fingerprint density at radius 2 is 1.71 bits per heavy atom. The van der Waals surface area contributed by atoms with Gasteiger partial charge < -0.3 is 19.9 Å². The van der Waals surface area contributed by atoms with Crippen molar-refractivity contribution in [3.05, 3.63) is 29.3 Å². The first-order valence-electron chi connectivity index (χ1n) is 13.0. The molecule has 0 spiro atoms. The van der Waals surface area contributed by atoms with Gasteiger partial charge in [0.25, 0.3) is 0 Å². The van der Waals surface area contributed by atoms with Gasteiger partial charge in [0, 0.05) is 25.3 Å². The monoisotopic (exact) mass is 589 g/mol. The van der Waals surface area contributed by atoms with Crippen molar-refractivity contribution in [1.29, 1.82) is 5.26 Å². The van der Waals surface area contributed by atoms with Gasteiger partial charge >= 0.3 is 18.4 Å². The average molecular weight is 590 g/mol. The summed E-state index contributed by atoms with van der Waals surface area (Å²) in [6, 6.07) is -0.522. The molecular formula is C26H29F6N5O4. The molecule has 3 fully saturated rings. The summed E-state index contributed by atoms with van der Waals surface area (Å²) < 4.78 is 85.7. The number of ether oxygens (including phenoxy) is 1. The van der Waals surface area contributed by atoms with Gasteiger partial charge in [-0.1, -0.05) is 0 Å². The van der Waals surface area contributed by atoms with Crippen LogP contribution in [0.25, 0.3) is 0 Å². The number of nitrogens with zero attached hydrogens (tertiary/aromatic N) is 4. The Morgan fingerprint density at radius 3 is 2.22 bits per heavy atom. The van der Waals surface area contributed by atoms with Gasteiger partial charge in [-0.3, -0.25) is 14.5 Å². The molecular weight excluding hydrogens is 560 g/mol. The van der Waals surface area contributed by atoms with Crippen molar-refractivity contribution in [3.8, 4) is 6.07 Å². The quantitative estimate of drug-likeness (QED) is 0.522. The zero-order valence-electron chi connectivity index (χ0n) is 22.5. The Morgan fingerprint density at radius 1 is 1.10 bits per heavy atom. The number of carbonyl (C=O) groups excluding carboxylic acids is 3. The third-order valence-corrected chi connectivity index (χ3v) is 7.21. The summed E-state index contributed by atoms with van der Waals surface area (Å²) in [5.74, 6) is -1.27. The minimum Gasteiger partial charge on any atom is -0.444 e. The zero-order valence-corrected chi connectivity index (χ0v) is 22.5. The zero-order chi connectivity index (χ0) is 30.5. The molecule has 15 heteroatoms. The fourth-order valence-corrected chi connectivity index (χ4v) is 5.52. The number of alkyl halides is 6. The van der Waals surface area contributed by atoms with E-state index in [0.29, 0.717) is 31.5 Å². The predicted octanol–water partition coefficient (Wildman–Crippen LogP) is 3.92. The van der Waals surface area contributed by atoms with Crippen LogP contribution in [0.3, 0.4) is 0 Å². The van der Waals surface area contributed by atoms with E-state index >= 15 is 0 Å². The second-order valence-electron chi connectivity index (χ2n) is 11.3. The summed E-state index contributed by atoms with van der Waals surface area (Å²) in [4.78, 5) is 43.1. The normalized spacial score (nSPS) is 24.0. The highest BCUT2D eigenvalue weighted by atomic mass is 19.4. The molecule has 4 unspecified atom stereocenters. The molecule has 3 aliphatic rings. The van der Waals surface area contributed by atoms with Crippen LogP contribution in [0, 0.1) is 11.3 Å². The predicted molar refractivity (Wildman–Crippen MR) is 131 cm³/mol. The van der Waals surface area contributed by atoms with Crippen LogP contribution < -0.4 is 10.2 Å². The summed E-state index contributed by atoms with van der Waals surface area (Å²) in [5, 5.41) is 11.9. The minimum atomic E-state index is -5.07. The molecule has 0 aliphatic carbocycles. The summed E-state index contributed by atoms with van der Waals surface area (Å²) in [7, 11) is 0. The molecule has 3 saturated heterocycles.